The van der Waals surface area contributed by atoms with Crippen LogP contribution < -0.4 is 9.47 Å². The molecule has 0 bridgehead atoms. The average Bonchev–Trinajstić information content (AvgIpc) is 2.14. The second-order valence-electron chi connectivity index (χ2n) is 6.76. The van der Waals surface area contributed by atoms with Crippen LogP contribution in [0.4, 0.5) is 0 Å². The molecule has 102 valence electrons. The molecule has 0 saturated carbocycles. The molecular formula is C16H26O2. The Morgan fingerprint density at radius 3 is 1.72 bits per heavy atom. The van der Waals surface area contributed by atoms with Crippen molar-refractivity contribution in [2.24, 2.45) is 0 Å². The van der Waals surface area contributed by atoms with Crippen molar-refractivity contribution in [3.05, 3.63) is 23.3 Å². The van der Waals surface area contributed by atoms with Crippen LogP contribution in [0.3, 0.4) is 0 Å². The molecule has 0 fully saturated rings. The van der Waals surface area contributed by atoms with Crippen LogP contribution in [0.5, 0.6) is 11.5 Å². The summed E-state index contributed by atoms with van der Waals surface area (Å²) in [4.78, 5) is 0. The monoisotopic (exact) mass is 250 g/mol. The topological polar surface area (TPSA) is 18.5 Å². The summed E-state index contributed by atoms with van der Waals surface area (Å²) in [5.41, 5.74) is 1.91. The standard InChI is InChI=1S/C16H26O2/c1-11-9-10-13(17-15(3,4)5)14(12(11)2)18-16(6,7)8/h9-10H,1-8H3. The van der Waals surface area contributed by atoms with Gasteiger partial charge in [-0.1, -0.05) is 6.07 Å². The van der Waals surface area contributed by atoms with Gasteiger partial charge in [0.25, 0.3) is 0 Å². The second-order valence-corrected chi connectivity index (χ2v) is 6.76. The molecule has 0 N–H and O–H groups in total. The van der Waals surface area contributed by atoms with E-state index in [2.05, 4.69) is 40.7 Å². The van der Waals surface area contributed by atoms with Crippen molar-refractivity contribution in [1.29, 1.82) is 0 Å². The minimum Gasteiger partial charge on any atom is -0.484 e. The van der Waals surface area contributed by atoms with Crippen LogP contribution in [0.15, 0.2) is 12.1 Å². The third-order valence-electron chi connectivity index (χ3n) is 2.46. The molecular weight excluding hydrogens is 224 g/mol. The molecule has 0 amide bonds. The Kier molecular flexibility index (Phi) is 3.99. The number of aryl methyl sites for hydroxylation is 1. The molecule has 18 heavy (non-hydrogen) atoms. The maximum atomic E-state index is 6.07. The molecule has 0 spiro atoms. The van der Waals surface area contributed by atoms with Crippen LogP contribution in [0, 0.1) is 13.8 Å². The Labute approximate surface area is 111 Å². The third kappa shape index (κ3) is 4.25. The second kappa shape index (κ2) is 4.83. The van der Waals surface area contributed by atoms with E-state index in [1.807, 2.05) is 26.8 Å². The fourth-order valence-electron chi connectivity index (χ4n) is 1.61. The van der Waals surface area contributed by atoms with Crippen LogP contribution in [-0.2, 0) is 0 Å². The van der Waals surface area contributed by atoms with Gasteiger partial charge in [0.15, 0.2) is 11.5 Å². The van der Waals surface area contributed by atoms with Crippen LogP contribution in [0.1, 0.15) is 52.7 Å². The van der Waals surface area contributed by atoms with Gasteiger partial charge >= 0.3 is 0 Å². The van der Waals surface area contributed by atoms with Gasteiger partial charge in [-0.3, -0.25) is 0 Å². The molecule has 0 aliphatic carbocycles. The van der Waals surface area contributed by atoms with Gasteiger partial charge in [-0.2, -0.15) is 0 Å². The van der Waals surface area contributed by atoms with Gasteiger partial charge in [-0.05, 0) is 72.6 Å². The Hall–Kier alpha value is -1.18. The van der Waals surface area contributed by atoms with E-state index in [4.69, 9.17) is 9.47 Å². The molecule has 2 nitrogen and oxygen atoms in total. The first-order valence-corrected chi connectivity index (χ1v) is 6.48. The smallest absolute Gasteiger partial charge is 0.165 e. The van der Waals surface area contributed by atoms with Gasteiger partial charge in [0.2, 0.25) is 0 Å². The molecule has 0 radical (unpaired) electrons. The van der Waals surface area contributed by atoms with E-state index in [-0.39, 0.29) is 11.2 Å². The molecule has 2 heteroatoms. The SMILES string of the molecule is Cc1ccc(OC(C)(C)C)c(OC(C)(C)C)c1C. The summed E-state index contributed by atoms with van der Waals surface area (Å²) >= 11 is 0. The van der Waals surface area contributed by atoms with Crippen molar-refractivity contribution in [1.82, 2.24) is 0 Å². The molecule has 0 aromatic heterocycles. The Balaban J connectivity index is 3.22. The molecule has 1 aromatic rings. The lowest BCUT2D eigenvalue weighted by atomic mass is 10.1. The number of benzene rings is 1. The van der Waals surface area contributed by atoms with Crippen molar-refractivity contribution >= 4 is 0 Å². The van der Waals surface area contributed by atoms with Gasteiger partial charge in [0.1, 0.15) is 11.2 Å². The lowest BCUT2D eigenvalue weighted by Crippen LogP contribution is -2.27. The van der Waals surface area contributed by atoms with Crippen molar-refractivity contribution in [2.45, 2.75) is 66.6 Å². The van der Waals surface area contributed by atoms with E-state index < -0.39 is 0 Å². The fraction of sp³-hybridized carbons (Fsp3) is 0.625. The zero-order chi connectivity index (χ0) is 14.1. The molecule has 1 rings (SSSR count). The summed E-state index contributed by atoms with van der Waals surface area (Å²) in [6, 6.07) is 4.07. The van der Waals surface area contributed by atoms with E-state index in [0.717, 1.165) is 17.1 Å². The van der Waals surface area contributed by atoms with Crippen LogP contribution in [-0.4, -0.2) is 11.2 Å². The fourth-order valence-corrected chi connectivity index (χ4v) is 1.61. The zero-order valence-corrected chi connectivity index (χ0v) is 13.0. The molecule has 0 atom stereocenters. The maximum absolute atomic E-state index is 6.07. The summed E-state index contributed by atoms with van der Waals surface area (Å²) in [5.74, 6) is 1.68. The third-order valence-corrected chi connectivity index (χ3v) is 2.46. The first-order valence-electron chi connectivity index (χ1n) is 6.48. The molecule has 0 saturated heterocycles. The van der Waals surface area contributed by atoms with E-state index in [1.165, 1.54) is 5.56 Å². The predicted molar refractivity (Wildman–Crippen MR) is 76.7 cm³/mol. The highest BCUT2D eigenvalue weighted by Crippen LogP contribution is 2.37. The number of hydrogen-bond donors (Lipinski definition) is 0. The maximum Gasteiger partial charge on any atom is 0.165 e. The molecule has 0 aliphatic rings. The van der Waals surface area contributed by atoms with Crippen LogP contribution >= 0.6 is 0 Å². The summed E-state index contributed by atoms with van der Waals surface area (Å²) in [7, 11) is 0. The van der Waals surface area contributed by atoms with E-state index in [9.17, 15) is 0 Å². The molecule has 0 heterocycles. The van der Waals surface area contributed by atoms with E-state index in [1.54, 1.807) is 0 Å². The van der Waals surface area contributed by atoms with Crippen LogP contribution in [0.25, 0.3) is 0 Å². The highest BCUT2D eigenvalue weighted by molar-refractivity contribution is 5.50. The normalized spacial score (nSPS) is 12.4. The van der Waals surface area contributed by atoms with Gasteiger partial charge in [0.05, 0.1) is 0 Å². The Morgan fingerprint density at radius 1 is 0.778 bits per heavy atom. The number of rotatable bonds is 2. The molecule has 1 aromatic carbocycles. The predicted octanol–water partition coefficient (Wildman–Crippen LogP) is 4.66. The summed E-state index contributed by atoms with van der Waals surface area (Å²) in [5, 5.41) is 0. The van der Waals surface area contributed by atoms with Gasteiger partial charge in [-0.15, -0.1) is 0 Å². The lowest BCUT2D eigenvalue weighted by molar-refractivity contribution is 0.0949. The quantitative estimate of drug-likeness (QED) is 0.760. The minimum absolute atomic E-state index is 0.225. The van der Waals surface area contributed by atoms with E-state index in [0.29, 0.717) is 0 Å². The number of hydrogen-bond acceptors (Lipinski definition) is 2. The van der Waals surface area contributed by atoms with Gasteiger partial charge < -0.3 is 9.47 Å². The molecule has 0 unspecified atom stereocenters. The van der Waals surface area contributed by atoms with Crippen LogP contribution in [0.2, 0.25) is 0 Å². The minimum atomic E-state index is -0.228. The average molecular weight is 250 g/mol. The highest BCUT2D eigenvalue weighted by Gasteiger charge is 2.21. The summed E-state index contributed by atoms with van der Waals surface area (Å²) < 4.78 is 12.1. The first kappa shape index (κ1) is 14.9. The Bertz CT molecular complexity index is 420. The van der Waals surface area contributed by atoms with Crippen molar-refractivity contribution in [3.63, 3.8) is 0 Å². The Morgan fingerprint density at radius 2 is 1.28 bits per heavy atom. The first-order chi connectivity index (χ1) is 7.99. The van der Waals surface area contributed by atoms with Crippen molar-refractivity contribution in [3.8, 4) is 11.5 Å². The largest absolute Gasteiger partial charge is 0.484 e. The summed E-state index contributed by atoms with van der Waals surface area (Å²) in [6.07, 6.45) is 0. The zero-order valence-electron chi connectivity index (χ0n) is 13.0. The van der Waals surface area contributed by atoms with Gasteiger partial charge in [0, 0.05) is 0 Å². The van der Waals surface area contributed by atoms with E-state index >= 15 is 0 Å². The van der Waals surface area contributed by atoms with Crippen molar-refractivity contribution < 1.29 is 9.47 Å². The highest BCUT2D eigenvalue weighted by atomic mass is 16.5. The van der Waals surface area contributed by atoms with Crippen molar-refractivity contribution in [2.75, 3.05) is 0 Å². The molecule has 0 aliphatic heterocycles. The summed E-state index contributed by atoms with van der Waals surface area (Å²) in [6.45, 7) is 16.5. The number of ether oxygens (including phenoxy) is 2. The van der Waals surface area contributed by atoms with Gasteiger partial charge in [-0.25, -0.2) is 0 Å². The lowest BCUT2D eigenvalue weighted by Gasteiger charge is -2.28.